The summed E-state index contributed by atoms with van der Waals surface area (Å²) in [5, 5.41) is 11.2. The van der Waals surface area contributed by atoms with Crippen molar-refractivity contribution in [1.82, 2.24) is 9.71 Å². The highest BCUT2D eigenvalue weighted by Crippen LogP contribution is 2.47. The Morgan fingerprint density at radius 2 is 1.84 bits per heavy atom. The van der Waals surface area contributed by atoms with Gasteiger partial charge in [0.15, 0.2) is 17.3 Å². The van der Waals surface area contributed by atoms with Gasteiger partial charge in [0.1, 0.15) is 11.6 Å². The lowest BCUT2D eigenvalue weighted by Gasteiger charge is -2.43. The number of fused-ring (bicyclic) bond motifs is 2. The molecule has 1 aromatic heterocycles. The van der Waals surface area contributed by atoms with Crippen molar-refractivity contribution >= 4 is 21.5 Å². The van der Waals surface area contributed by atoms with Crippen LogP contribution in [0.5, 0.6) is 17.2 Å². The predicted molar refractivity (Wildman–Crippen MR) is 121 cm³/mol. The number of hydrogen-bond donors (Lipinski definition) is 2. The zero-order chi connectivity index (χ0) is 26.4. The van der Waals surface area contributed by atoms with Crippen molar-refractivity contribution in [1.29, 1.82) is 0 Å². The van der Waals surface area contributed by atoms with E-state index in [-0.39, 0.29) is 29.6 Å². The van der Waals surface area contributed by atoms with Gasteiger partial charge in [0.2, 0.25) is 10.0 Å². The Labute approximate surface area is 208 Å². The molecule has 2 aromatic carbocycles. The number of aliphatic hydroxyl groups is 1. The first kappa shape index (κ1) is 25.2. The Kier molecular flexibility index (Phi) is 6.43. The van der Waals surface area contributed by atoms with E-state index < -0.39 is 46.1 Å². The third kappa shape index (κ3) is 5.18. The molecule has 14 heteroatoms. The van der Waals surface area contributed by atoms with Gasteiger partial charge in [0.25, 0.3) is 0 Å². The number of sulfonamides is 1. The van der Waals surface area contributed by atoms with Gasteiger partial charge in [0.05, 0.1) is 42.0 Å². The van der Waals surface area contributed by atoms with Crippen molar-refractivity contribution in [2.45, 2.75) is 29.4 Å². The summed E-state index contributed by atoms with van der Waals surface area (Å²) in [6.07, 6.45) is -4.80. The fourth-order valence-electron chi connectivity index (χ4n) is 4.18. The van der Waals surface area contributed by atoms with E-state index in [0.717, 1.165) is 24.3 Å². The van der Waals surface area contributed by atoms with Gasteiger partial charge in [0, 0.05) is 12.3 Å². The average molecular weight is 541 g/mol. The molecule has 0 aliphatic carbocycles. The molecule has 3 heterocycles. The molecule has 0 saturated carbocycles. The van der Waals surface area contributed by atoms with Gasteiger partial charge in [-0.3, -0.25) is 0 Å². The molecule has 0 spiro atoms. The third-order valence-corrected chi connectivity index (χ3v) is 7.28. The standard InChI is InChI=1S/C23H19F4N3O6S/c24-13-3-8-19-17(10-13)30(22-20(35-19)2-1-9-28-22)18-12-34-11-16(21(18)31)29-37(32,33)15-6-4-14(5-7-15)36-23(25,26)27/h1-10,16,18,21,29,31H,11-12H2/t16-,18?,21-/m0/s1. The van der Waals surface area contributed by atoms with Crippen LogP contribution in [-0.4, -0.2) is 56.3 Å². The van der Waals surface area contributed by atoms with Crippen LogP contribution in [-0.2, 0) is 14.8 Å². The molecule has 3 aromatic rings. The summed E-state index contributed by atoms with van der Waals surface area (Å²) in [5.74, 6) is -0.224. The summed E-state index contributed by atoms with van der Waals surface area (Å²) in [6.45, 7) is -0.240. The highest BCUT2D eigenvalue weighted by molar-refractivity contribution is 7.89. The number of rotatable bonds is 5. The average Bonchev–Trinajstić information content (AvgIpc) is 2.83. The first-order chi connectivity index (χ1) is 17.5. The highest BCUT2D eigenvalue weighted by atomic mass is 32.2. The Morgan fingerprint density at radius 1 is 1.08 bits per heavy atom. The minimum absolute atomic E-state index is 0.0468. The molecular weight excluding hydrogens is 522 g/mol. The molecular formula is C23H19F4N3O6S. The van der Waals surface area contributed by atoms with E-state index in [0.29, 0.717) is 11.5 Å². The van der Waals surface area contributed by atoms with Crippen molar-refractivity contribution in [2.75, 3.05) is 18.1 Å². The number of hydrogen-bond acceptors (Lipinski definition) is 8. The minimum atomic E-state index is -4.92. The van der Waals surface area contributed by atoms with Crippen molar-refractivity contribution in [3.05, 3.63) is 66.6 Å². The topological polar surface area (TPSA) is 110 Å². The van der Waals surface area contributed by atoms with Gasteiger partial charge in [-0.2, -0.15) is 0 Å². The van der Waals surface area contributed by atoms with Crippen molar-refractivity contribution < 1.29 is 45.3 Å². The Morgan fingerprint density at radius 3 is 2.57 bits per heavy atom. The summed E-state index contributed by atoms with van der Waals surface area (Å²) in [6, 6.07) is 8.69. The summed E-state index contributed by atoms with van der Waals surface area (Å²) in [5.41, 5.74) is 0.266. The summed E-state index contributed by atoms with van der Waals surface area (Å²) in [7, 11) is -4.28. The zero-order valence-electron chi connectivity index (χ0n) is 18.7. The second-order valence-corrected chi connectivity index (χ2v) is 9.97. The molecule has 196 valence electrons. The van der Waals surface area contributed by atoms with Crippen LogP contribution in [0.4, 0.5) is 29.1 Å². The second-order valence-electron chi connectivity index (χ2n) is 8.25. The molecule has 3 atom stereocenters. The van der Waals surface area contributed by atoms with Gasteiger partial charge >= 0.3 is 6.36 Å². The number of anilines is 2. The van der Waals surface area contributed by atoms with Crippen LogP contribution in [0.15, 0.2) is 65.7 Å². The third-order valence-electron chi connectivity index (χ3n) is 5.78. The SMILES string of the molecule is O=S(=O)(N[C@H]1COCC(N2c3cc(F)ccc3Oc3cccnc32)[C@H]1O)c1ccc(OC(F)(F)F)cc1. The van der Waals surface area contributed by atoms with Crippen molar-refractivity contribution in [3.63, 3.8) is 0 Å². The van der Waals surface area contributed by atoms with Crippen LogP contribution < -0.4 is 19.1 Å². The van der Waals surface area contributed by atoms with Crippen LogP contribution in [0.3, 0.4) is 0 Å². The quantitative estimate of drug-likeness (QED) is 0.473. The van der Waals surface area contributed by atoms with E-state index in [1.165, 1.54) is 29.3 Å². The van der Waals surface area contributed by atoms with Crippen LogP contribution in [0, 0.1) is 5.82 Å². The first-order valence-electron chi connectivity index (χ1n) is 10.9. The van der Waals surface area contributed by atoms with Gasteiger partial charge in [-0.25, -0.2) is 22.5 Å². The Bertz CT molecular complexity index is 1400. The lowest BCUT2D eigenvalue weighted by atomic mass is 9.99. The molecule has 1 saturated heterocycles. The number of aromatic nitrogens is 1. The molecule has 0 amide bonds. The molecule has 1 fully saturated rings. The van der Waals surface area contributed by atoms with Crippen molar-refractivity contribution in [2.24, 2.45) is 0 Å². The smallest absolute Gasteiger partial charge is 0.451 e. The number of ether oxygens (including phenoxy) is 3. The minimum Gasteiger partial charge on any atom is -0.451 e. The molecule has 0 radical (unpaired) electrons. The van der Waals surface area contributed by atoms with E-state index in [2.05, 4.69) is 14.4 Å². The second kappa shape index (κ2) is 9.45. The molecule has 9 nitrogen and oxygen atoms in total. The molecule has 2 N–H and O–H groups in total. The van der Waals surface area contributed by atoms with Crippen molar-refractivity contribution in [3.8, 4) is 17.2 Å². The predicted octanol–water partition coefficient (Wildman–Crippen LogP) is 3.47. The number of halogens is 4. The van der Waals surface area contributed by atoms with E-state index in [4.69, 9.17) is 9.47 Å². The van der Waals surface area contributed by atoms with Gasteiger partial charge in [-0.05, 0) is 48.5 Å². The fourth-order valence-corrected chi connectivity index (χ4v) is 5.41. The maximum atomic E-state index is 14.2. The number of benzene rings is 2. The maximum Gasteiger partial charge on any atom is 0.573 e. The number of pyridine rings is 1. The molecule has 2 aliphatic heterocycles. The van der Waals surface area contributed by atoms with Gasteiger partial charge < -0.3 is 24.2 Å². The lowest BCUT2D eigenvalue weighted by Crippen LogP contribution is -2.60. The van der Waals surface area contributed by atoms with Crippen LogP contribution in [0.1, 0.15) is 0 Å². The fraction of sp³-hybridized carbons (Fsp3) is 0.261. The van der Waals surface area contributed by atoms with E-state index in [1.807, 2.05) is 0 Å². The first-order valence-corrected chi connectivity index (χ1v) is 12.4. The van der Waals surface area contributed by atoms with Crippen LogP contribution in [0.25, 0.3) is 0 Å². The van der Waals surface area contributed by atoms with Gasteiger partial charge in [-0.1, -0.05) is 0 Å². The lowest BCUT2D eigenvalue weighted by molar-refractivity contribution is -0.274. The van der Waals surface area contributed by atoms with Gasteiger partial charge in [-0.15, -0.1) is 13.2 Å². The van der Waals surface area contributed by atoms with Crippen LogP contribution >= 0.6 is 0 Å². The molecule has 5 rings (SSSR count). The molecule has 0 bridgehead atoms. The number of aliphatic hydroxyl groups excluding tert-OH is 1. The monoisotopic (exact) mass is 541 g/mol. The van der Waals surface area contributed by atoms with Crippen LogP contribution in [0.2, 0.25) is 0 Å². The molecule has 2 aliphatic rings. The number of alkyl halides is 3. The largest absolute Gasteiger partial charge is 0.573 e. The molecule has 37 heavy (non-hydrogen) atoms. The summed E-state index contributed by atoms with van der Waals surface area (Å²) in [4.78, 5) is 5.49. The number of nitrogens with one attached hydrogen (secondary N) is 1. The summed E-state index contributed by atoms with van der Waals surface area (Å²) >= 11 is 0. The molecule has 1 unspecified atom stereocenters. The zero-order valence-corrected chi connectivity index (χ0v) is 19.5. The number of nitrogens with zero attached hydrogens (tertiary/aromatic N) is 2. The Balaban J connectivity index is 1.41. The highest BCUT2D eigenvalue weighted by Gasteiger charge is 2.42. The van der Waals surface area contributed by atoms with E-state index in [9.17, 15) is 31.1 Å². The van der Waals surface area contributed by atoms with E-state index >= 15 is 0 Å². The maximum absolute atomic E-state index is 14.2. The normalized spacial score (nSPS) is 21.5. The Hall–Kier alpha value is -3.46. The summed E-state index contributed by atoms with van der Waals surface area (Å²) < 4.78 is 94.7. The van der Waals surface area contributed by atoms with E-state index in [1.54, 1.807) is 12.1 Å².